The Labute approximate surface area is 158 Å². The third kappa shape index (κ3) is 2.64. The standard InChI is InChI=1S/C19H13BrClN3O/c1-11-17(10-25)24-16-7-6-12(20)8-14(16)19(22-9-18(24)23-11)13-4-2-3-5-15(13)21/h2-8,10H,9H2,1H3. The van der Waals surface area contributed by atoms with Gasteiger partial charge < -0.3 is 0 Å². The van der Waals surface area contributed by atoms with E-state index in [-0.39, 0.29) is 0 Å². The maximum atomic E-state index is 11.6. The Bertz CT molecular complexity index is 1040. The highest BCUT2D eigenvalue weighted by molar-refractivity contribution is 9.10. The quantitative estimate of drug-likeness (QED) is 0.568. The normalized spacial score (nSPS) is 12.8. The Morgan fingerprint density at radius 1 is 1.20 bits per heavy atom. The van der Waals surface area contributed by atoms with Gasteiger partial charge in [0.15, 0.2) is 6.29 Å². The van der Waals surface area contributed by atoms with Gasteiger partial charge in [0.1, 0.15) is 11.5 Å². The van der Waals surface area contributed by atoms with Crippen molar-refractivity contribution in [1.29, 1.82) is 0 Å². The summed E-state index contributed by atoms with van der Waals surface area (Å²) in [5.74, 6) is 0.741. The fraction of sp³-hybridized carbons (Fsp3) is 0.105. The summed E-state index contributed by atoms with van der Waals surface area (Å²) in [5, 5.41) is 0.638. The molecule has 1 aliphatic heterocycles. The Morgan fingerprint density at radius 3 is 2.76 bits per heavy atom. The second-order valence-corrected chi connectivity index (χ2v) is 7.08. The van der Waals surface area contributed by atoms with Gasteiger partial charge in [-0.25, -0.2) is 4.98 Å². The molecule has 3 aromatic rings. The van der Waals surface area contributed by atoms with E-state index in [0.29, 0.717) is 23.0 Å². The molecule has 4 rings (SSSR count). The SMILES string of the molecule is Cc1nc2n(c1C=O)-c1ccc(Br)cc1C(c1ccccc1Cl)=NC2. The highest BCUT2D eigenvalue weighted by Crippen LogP contribution is 2.31. The predicted octanol–water partition coefficient (Wildman–Crippen LogP) is 4.76. The Balaban J connectivity index is 2.04. The summed E-state index contributed by atoms with van der Waals surface area (Å²) in [6, 6.07) is 13.5. The van der Waals surface area contributed by atoms with Crippen molar-refractivity contribution in [3.05, 3.63) is 80.3 Å². The molecule has 0 atom stereocenters. The van der Waals surface area contributed by atoms with E-state index >= 15 is 0 Å². The average molecular weight is 415 g/mol. The van der Waals surface area contributed by atoms with Crippen LogP contribution in [0.25, 0.3) is 5.69 Å². The maximum absolute atomic E-state index is 11.6. The van der Waals surface area contributed by atoms with E-state index in [0.717, 1.165) is 39.1 Å². The number of fused-ring (bicyclic) bond motifs is 3. The zero-order valence-corrected chi connectivity index (χ0v) is 15.7. The third-order valence-corrected chi connectivity index (χ3v) is 5.06. The number of halogens is 2. The minimum absolute atomic E-state index is 0.377. The van der Waals surface area contributed by atoms with Crippen molar-refractivity contribution >= 4 is 39.5 Å². The molecule has 2 heterocycles. The van der Waals surface area contributed by atoms with Crippen LogP contribution in [-0.2, 0) is 6.54 Å². The molecule has 0 aliphatic carbocycles. The molecule has 0 unspecified atom stereocenters. The van der Waals surface area contributed by atoms with Crippen LogP contribution in [0, 0.1) is 6.92 Å². The highest BCUT2D eigenvalue weighted by Gasteiger charge is 2.24. The topological polar surface area (TPSA) is 47.2 Å². The van der Waals surface area contributed by atoms with Gasteiger partial charge in [-0.15, -0.1) is 0 Å². The van der Waals surface area contributed by atoms with Crippen LogP contribution in [0.2, 0.25) is 5.02 Å². The van der Waals surface area contributed by atoms with Crippen molar-refractivity contribution in [3.63, 3.8) is 0 Å². The molecule has 0 N–H and O–H groups in total. The summed E-state index contributed by atoms with van der Waals surface area (Å²) >= 11 is 9.95. The fourth-order valence-corrected chi connectivity index (χ4v) is 3.71. The molecule has 0 saturated carbocycles. The van der Waals surface area contributed by atoms with E-state index < -0.39 is 0 Å². The first-order chi connectivity index (χ1) is 12.1. The van der Waals surface area contributed by atoms with Crippen molar-refractivity contribution in [2.75, 3.05) is 0 Å². The lowest BCUT2D eigenvalue weighted by atomic mass is 10.0. The summed E-state index contributed by atoms with van der Waals surface area (Å²) in [6.45, 7) is 2.21. The Morgan fingerprint density at radius 2 is 2.00 bits per heavy atom. The van der Waals surface area contributed by atoms with Crippen LogP contribution in [0.5, 0.6) is 0 Å². The smallest absolute Gasteiger partial charge is 0.168 e. The number of benzene rings is 2. The molecule has 0 spiro atoms. The van der Waals surface area contributed by atoms with Crippen molar-refractivity contribution in [1.82, 2.24) is 9.55 Å². The summed E-state index contributed by atoms with van der Waals surface area (Å²) in [7, 11) is 0. The molecule has 1 aromatic heterocycles. The largest absolute Gasteiger partial charge is 0.296 e. The van der Waals surface area contributed by atoms with Crippen molar-refractivity contribution < 1.29 is 4.79 Å². The summed E-state index contributed by atoms with van der Waals surface area (Å²) in [5.41, 5.74) is 4.68. The van der Waals surface area contributed by atoms with Gasteiger partial charge in [-0.1, -0.05) is 45.7 Å². The van der Waals surface area contributed by atoms with E-state index in [1.54, 1.807) is 0 Å². The number of carbonyl (C=O) groups is 1. The van der Waals surface area contributed by atoms with Crippen molar-refractivity contribution in [2.24, 2.45) is 4.99 Å². The molecule has 124 valence electrons. The van der Waals surface area contributed by atoms with Gasteiger partial charge in [-0.2, -0.15) is 0 Å². The van der Waals surface area contributed by atoms with Gasteiger partial charge in [-0.3, -0.25) is 14.4 Å². The number of carbonyl (C=O) groups excluding carboxylic acids is 1. The predicted molar refractivity (Wildman–Crippen MR) is 102 cm³/mol. The van der Waals surface area contributed by atoms with E-state index in [4.69, 9.17) is 16.6 Å². The number of rotatable bonds is 2. The number of nitrogens with zero attached hydrogens (tertiary/aromatic N) is 3. The monoisotopic (exact) mass is 413 g/mol. The number of aromatic nitrogens is 2. The van der Waals surface area contributed by atoms with E-state index in [9.17, 15) is 4.79 Å². The maximum Gasteiger partial charge on any atom is 0.168 e. The Kier molecular flexibility index (Phi) is 4.06. The lowest BCUT2D eigenvalue weighted by molar-refractivity contribution is 0.111. The number of hydrogen-bond donors (Lipinski definition) is 0. The molecule has 25 heavy (non-hydrogen) atoms. The van der Waals surface area contributed by atoms with Gasteiger partial charge >= 0.3 is 0 Å². The molecule has 0 amide bonds. The van der Waals surface area contributed by atoms with Crippen molar-refractivity contribution in [2.45, 2.75) is 13.5 Å². The first-order valence-electron chi connectivity index (χ1n) is 7.73. The number of aryl methyl sites for hydroxylation is 1. The van der Waals surface area contributed by atoms with Crippen LogP contribution in [0.4, 0.5) is 0 Å². The van der Waals surface area contributed by atoms with Crippen LogP contribution >= 0.6 is 27.5 Å². The second kappa shape index (κ2) is 6.24. The van der Waals surface area contributed by atoms with Gasteiger partial charge in [0, 0.05) is 20.6 Å². The van der Waals surface area contributed by atoms with Gasteiger partial charge in [0.05, 0.1) is 23.6 Å². The summed E-state index contributed by atoms with van der Waals surface area (Å²) in [6.07, 6.45) is 0.845. The molecule has 0 radical (unpaired) electrons. The lowest BCUT2D eigenvalue weighted by Gasteiger charge is -2.14. The molecule has 2 aromatic carbocycles. The Hall–Kier alpha value is -2.24. The van der Waals surface area contributed by atoms with Crippen molar-refractivity contribution in [3.8, 4) is 5.69 Å². The zero-order chi connectivity index (χ0) is 17.6. The van der Waals surface area contributed by atoms with E-state index in [1.807, 2.05) is 54.0 Å². The first-order valence-corrected chi connectivity index (χ1v) is 8.90. The summed E-state index contributed by atoms with van der Waals surface area (Å²) in [4.78, 5) is 20.9. The fourth-order valence-electron chi connectivity index (χ4n) is 3.13. The number of aliphatic imine (C=N–C) groups is 1. The minimum atomic E-state index is 0.377. The zero-order valence-electron chi connectivity index (χ0n) is 13.3. The number of hydrogen-bond acceptors (Lipinski definition) is 3. The average Bonchev–Trinajstić information content (AvgIpc) is 2.84. The van der Waals surface area contributed by atoms with Crippen LogP contribution < -0.4 is 0 Å². The van der Waals surface area contributed by atoms with Crippen LogP contribution in [0.3, 0.4) is 0 Å². The molecule has 0 saturated heterocycles. The minimum Gasteiger partial charge on any atom is -0.296 e. The molecule has 0 bridgehead atoms. The lowest BCUT2D eigenvalue weighted by Crippen LogP contribution is -2.09. The number of imidazole rings is 1. The van der Waals surface area contributed by atoms with Crippen LogP contribution in [0.15, 0.2) is 51.9 Å². The van der Waals surface area contributed by atoms with E-state index in [2.05, 4.69) is 20.9 Å². The molecule has 6 heteroatoms. The van der Waals surface area contributed by atoms with Gasteiger partial charge in [0.2, 0.25) is 0 Å². The van der Waals surface area contributed by atoms with Gasteiger partial charge in [0.25, 0.3) is 0 Å². The molecule has 0 fully saturated rings. The molecule has 1 aliphatic rings. The summed E-state index contributed by atoms with van der Waals surface area (Å²) < 4.78 is 2.82. The van der Waals surface area contributed by atoms with E-state index in [1.165, 1.54) is 0 Å². The molecule has 4 nitrogen and oxygen atoms in total. The van der Waals surface area contributed by atoms with Crippen LogP contribution in [0.1, 0.15) is 33.1 Å². The highest BCUT2D eigenvalue weighted by atomic mass is 79.9. The third-order valence-electron chi connectivity index (χ3n) is 4.24. The second-order valence-electron chi connectivity index (χ2n) is 5.76. The number of aldehydes is 1. The van der Waals surface area contributed by atoms with Gasteiger partial charge in [-0.05, 0) is 31.2 Å². The van der Waals surface area contributed by atoms with Crippen LogP contribution in [-0.4, -0.2) is 21.5 Å². The molecular weight excluding hydrogens is 402 g/mol. The molecular formula is C19H13BrClN3O. The first kappa shape index (κ1) is 16.2.